The lowest BCUT2D eigenvalue weighted by molar-refractivity contribution is 0.0940. The molecule has 1 aromatic carbocycles. The van der Waals surface area contributed by atoms with Crippen molar-refractivity contribution in [2.24, 2.45) is 0 Å². The van der Waals surface area contributed by atoms with E-state index in [9.17, 15) is 9.90 Å². The average Bonchev–Trinajstić information content (AvgIpc) is 2.71. The number of aliphatic hydroxyl groups is 1. The van der Waals surface area contributed by atoms with Crippen molar-refractivity contribution < 1.29 is 14.6 Å². The molecular formula is C17H23ClN2O3. The molecule has 0 radical (unpaired) electrons. The normalized spacial score (nSPS) is 27.3. The van der Waals surface area contributed by atoms with Gasteiger partial charge in [-0.3, -0.25) is 0 Å². The summed E-state index contributed by atoms with van der Waals surface area (Å²) in [5.74, 6) is 0.734. The van der Waals surface area contributed by atoms with Crippen molar-refractivity contribution >= 4 is 17.6 Å². The third-order valence-corrected chi connectivity index (χ3v) is 4.83. The largest absolute Gasteiger partial charge is 0.493 e. The number of hydrogen-bond acceptors (Lipinski definition) is 3. The molecule has 6 heteroatoms. The van der Waals surface area contributed by atoms with Crippen molar-refractivity contribution in [3.05, 3.63) is 28.8 Å². The first kappa shape index (κ1) is 16.4. The lowest BCUT2D eigenvalue weighted by atomic mass is 9.93. The smallest absolute Gasteiger partial charge is 0.315 e. The van der Waals surface area contributed by atoms with Gasteiger partial charge in [0.05, 0.1) is 24.8 Å². The van der Waals surface area contributed by atoms with Crippen molar-refractivity contribution in [1.82, 2.24) is 10.6 Å². The van der Waals surface area contributed by atoms with E-state index in [-0.39, 0.29) is 18.1 Å². The predicted octanol–water partition coefficient (Wildman–Crippen LogP) is 3.16. The Morgan fingerprint density at radius 1 is 1.17 bits per heavy atom. The van der Waals surface area contributed by atoms with Crippen molar-refractivity contribution in [3.63, 3.8) is 0 Å². The van der Waals surface area contributed by atoms with Crippen LogP contribution in [0.2, 0.25) is 5.02 Å². The van der Waals surface area contributed by atoms with Crippen LogP contribution in [0.5, 0.6) is 5.75 Å². The highest BCUT2D eigenvalue weighted by Gasteiger charge is 2.26. The zero-order valence-corrected chi connectivity index (χ0v) is 13.8. The van der Waals surface area contributed by atoms with E-state index < -0.39 is 6.10 Å². The van der Waals surface area contributed by atoms with Crippen LogP contribution in [0.4, 0.5) is 4.79 Å². The third-order valence-electron chi connectivity index (χ3n) is 4.60. The molecular weight excluding hydrogens is 316 g/mol. The van der Waals surface area contributed by atoms with Gasteiger partial charge in [-0.1, -0.05) is 30.5 Å². The monoisotopic (exact) mass is 338 g/mol. The number of hydrogen-bond donors (Lipinski definition) is 3. The second-order valence-corrected chi connectivity index (χ2v) is 6.74. The molecule has 1 heterocycles. The second-order valence-electron chi connectivity index (χ2n) is 6.30. The number of halogens is 1. The standard InChI is InChI=1S/C17H23ClN2O3/c18-11-7-8-12-13(5-3-9-23-16(12)10-11)19-17(22)20-14-4-1-2-6-15(14)21/h7-8,10,13-15,21H,1-6,9H2,(H2,19,20,22). The summed E-state index contributed by atoms with van der Waals surface area (Å²) >= 11 is 6.02. The molecule has 5 nitrogen and oxygen atoms in total. The Balaban J connectivity index is 1.66. The first-order chi connectivity index (χ1) is 11.1. The van der Waals surface area contributed by atoms with Crippen molar-refractivity contribution in [1.29, 1.82) is 0 Å². The number of nitrogens with one attached hydrogen (secondary N) is 2. The Kier molecular flexibility index (Phi) is 5.28. The maximum absolute atomic E-state index is 12.3. The molecule has 0 bridgehead atoms. The van der Waals surface area contributed by atoms with Gasteiger partial charge < -0.3 is 20.5 Å². The SMILES string of the molecule is O=C(NC1CCCOc2cc(Cl)ccc21)NC1CCCCC1O. The molecule has 2 aliphatic rings. The topological polar surface area (TPSA) is 70.6 Å². The van der Waals surface area contributed by atoms with Crippen molar-refractivity contribution in [2.75, 3.05) is 6.61 Å². The number of urea groups is 1. The summed E-state index contributed by atoms with van der Waals surface area (Å²) in [6.45, 7) is 0.620. The minimum absolute atomic E-state index is 0.106. The van der Waals surface area contributed by atoms with Gasteiger partial charge in [0.15, 0.2) is 0 Å². The molecule has 3 atom stereocenters. The maximum atomic E-state index is 12.3. The third kappa shape index (κ3) is 4.09. The summed E-state index contributed by atoms with van der Waals surface area (Å²) in [6, 6.07) is 5.01. The number of fused-ring (bicyclic) bond motifs is 1. The van der Waals surface area contributed by atoms with Crippen LogP contribution in [0.1, 0.15) is 50.1 Å². The highest BCUT2D eigenvalue weighted by molar-refractivity contribution is 6.30. The lowest BCUT2D eigenvalue weighted by Gasteiger charge is -2.29. The van der Waals surface area contributed by atoms with Crippen molar-refractivity contribution in [3.8, 4) is 5.75 Å². The fraction of sp³-hybridized carbons (Fsp3) is 0.588. The molecule has 3 rings (SSSR count). The minimum Gasteiger partial charge on any atom is -0.493 e. The van der Waals surface area contributed by atoms with Gasteiger partial charge in [-0.15, -0.1) is 0 Å². The van der Waals surface area contributed by atoms with Crippen LogP contribution in [0.3, 0.4) is 0 Å². The summed E-state index contributed by atoms with van der Waals surface area (Å²) in [7, 11) is 0. The van der Waals surface area contributed by atoms with E-state index in [1.807, 2.05) is 12.1 Å². The van der Waals surface area contributed by atoms with E-state index in [2.05, 4.69) is 10.6 Å². The van der Waals surface area contributed by atoms with Crippen LogP contribution >= 0.6 is 11.6 Å². The zero-order chi connectivity index (χ0) is 16.2. The molecule has 2 amide bonds. The Morgan fingerprint density at radius 3 is 2.83 bits per heavy atom. The van der Waals surface area contributed by atoms with Gasteiger partial charge in [-0.25, -0.2) is 4.79 Å². The molecule has 0 spiro atoms. The maximum Gasteiger partial charge on any atom is 0.315 e. The minimum atomic E-state index is -0.446. The summed E-state index contributed by atoms with van der Waals surface area (Å²) in [6.07, 6.45) is 4.88. The van der Waals surface area contributed by atoms with Gasteiger partial charge in [0.1, 0.15) is 5.75 Å². The first-order valence-electron chi connectivity index (χ1n) is 8.31. The van der Waals surface area contributed by atoms with E-state index in [0.29, 0.717) is 11.6 Å². The number of carbonyl (C=O) groups is 1. The second kappa shape index (κ2) is 7.41. The molecule has 0 aromatic heterocycles. The van der Waals surface area contributed by atoms with Gasteiger partial charge >= 0.3 is 6.03 Å². The molecule has 3 N–H and O–H groups in total. The van der Waals surface area contributed by atoms with E-state index in [0.717, 1.165) is 49.8 Å². The molecule has 1 saturated carbocycles. The van der Waals surface area contributed by atoms with E-state index in [1.165, 1.54) is 0 Å². The number of rotatable bonds is 2. The van der Waals surface area contributed by atoms with Crippen molar-refractivity contribution in [2.45, 2.75) is 56.7 Å². The number of ether oxygens (including phenoxy) is 1. The fourth-order valence-corrected chi connectivity index (χ4v) is 3.51. The van der Waals surface area contributed by atoms with Crippen LogP contribution < -0.4 is 15.4 Å². The molecule has 1 aliphatic heterocycles. The highest BCUT2D eigenvalue weighted by Crippen LogP contribution is 2.33. The summed E-state index contributed by atoms with van der Waals surface area (Å²) < 4.78 is 5.71. The Bertz CT molecular complexity index is 567. The van der Waals surface area contributed by atoms with E-state index in [1.54, 1.807) is 6.07 Å². The molecule has 23 heavy (non-hydrogen) atoms. The van der Waals surface area contributed by atoms with Crippen LogP contribution in [0.25, 0.3) is 0 Å². The van der Waals surface area contributed by atoms with Gasteiger partial charge in [0, 0.05) is 10.6 Å². The molecule has 0 saturated heterocycles. The van der Waals surface area contributed by atoms with Crippen LogP contribution in [0, 0.1) is 0 Å². The Morgan fingerprint density at radius 2 is 2.00 bits per heavy atom. The highest BCUT2D eigenvalue weighted by atomic mass is 35.5. The zero-order valence-electron chi connectivity index (χ0n) is 13.1. The van der Waals surface area contributed by atoms with Gasteiger partial charge in [0.25, 0.3) is 0 Å². The molecule has 3 unspecified atom stereocenters. The molecule has 126 valence electrons. The van der Waals surface area contributed by atoms with E-state index in [4.69, 9.17) is 16.3 Å². The molecule has 1 fully saturated rings. The average molecular weight is 339 g/mol. The lowest BCUT2D eigenvalue weighted by Crippen LogP contribution is -2.49. The van der Waals surface area contributed by atoms with Gasteiger partial charge in [-0.05, 0) is 37.8 Å². The number of amides is 2. The fourth-order valence-electron chi connectivity index (χ4n) is 3.34. The predicted molar refractivity (Wildman–Crippen MR) is 88.9 cm³/mol. The van der Waals surface area contributed by atoms with Gasteiger partial charge in [-0.2, -0.15) is 0 Å². The van der Waals surface area contributed by atoms with Crippen LogP contribution in [-0.2, 0) is 0 Å². The summed E-state index contributed by atoms with van der Waals surface area (Å²) in [4.78, 5) is 12.3. The number of carbonyl (C=O) groups excluding carboxylic acids is 1. The quantitative estimate of drug-likeness (QED) is 0.775. The summed E-state index contributed by atoms with van der Waals surface area (Å²) in [5.41, 5.74) is 0.950. The Hall–Kier alpha value is -1.46. The van der Waals surface area contributed by atoms with Crippen LogP contribution in [0.15, 0.2) is 18.2 Å². The number of aliphatic hydroxyl groups excluding tert-OH is 1. The molecule has 1 aliphatic carbocycles. The first-order valence-corrected chi connectivity index (χ1v) is 8.68. The van der Waals surface area contributed by atoms with Gasteiger partial charge in [0.2, 0.25) is 0 Å². The Labute approximate surface area is 141 Å². The van der Waals surface area contributed by atoms with E-state index >= 15 is 0 Å². The molecule has 1 aromatic rings. The summed E-state index contributed by atoms with van der Waals surface area (Å²) in [5, 5.41) is 16.5. The number of benzene rings is 1. The van der Waals surface area contributed by atoms with Crippen LogP contribution in [-0.4, -0.2) is 29.9 Å².